The number of carbonyl (C=O) groups is 2. The Morgan fingerprint density at radius 1 is 1.17 bits per heavy atom. The minimum atomic E-state index is -0.508. The molecule has 2 heterocycles. The van der Waals surface area contributed by atoms with Crippen molar-refractivity contribution in [2.24, 2.45) is 0 Å². The van der Waals surface area contributed by atoms with Crippen LogP contribution in [0.25, 0.3) is 5.69 Å². The fraction of sp³-hybridized carbons (Fsp3) is 0.435. The predicted octanol–water partition coefficient (Wildman–Crippen LogP) is 4.64. The summed E-state index contributed by atoms with van der Waals surface area (Å²) in [4.78, 5) is 27.4. The van der Waals surface area contributed by atoms with E-state index >= 15 is 0 Å². The first-order valence-electron chi connectivity index (χ1n) is 11.3. The molecule has 0 aliphatic rings. The summed E-state index contributed by atoms with van der Waals surface area (Å²) in [6.45, 7) is 10.3. The second-order valence-corrected chi connectivity index (χ2v) is 10.4. The third kappa shape index (κ3) is 7.01. The summed E-state index contributed by atoms with van der Waals surface area (Å²) in [6, 6.07) is 5.95. The van der Waals surface area contributed by atoms with E-state index in [1.165, 1.54) is 39.9 Å². The molecule has 2 aromatic heterocycles. The molecule has 0 atom stereocenters. The highest BCUT2D eigenvalue weighted by molar-refractivity contribution is 8.01. The SMILES string of the molecule is CCCOc1cn(-c2ccc(F)cc2)nc1C(=O)Nc1nnc(SCC(=O)N(C(C)C)C(C)C)s1. The topological polar surface area (TPSA) is 102 Å². The molecule has 1 aromatic carbocycles. The Hall–Kier alpha value is -2.99. The highest BCUT2D eigenvalue weighted by atomic mass is 32.2. The molecular formula is C23H29FN6O3S2. The van der Waals surface area contributed by atoms with Gasteiger partial charge in [0.25, 0.3) is 5.91 Å². The van der Waals surface area contributed by atoms with E-state index in [0.717, 1.165) is 6.42 Å². The molecular weight excluding hydrogens is 491 g/mol. The summed E-state index contributed by atoms with van der Waals surface area (Å²) >= 11 is 2.46. The maximum atomic E-state index is 13.3. The molecule has 3 rings (SSSR count). The first kappa shape index (κ1) is 26.6. The monoisotopic (exact) mass is 520 g/mol. The third-order valence-electron chi connectivity index (χ3n) is 4.80. The molecule has 0 bridgehead atoms. The first-order chi connectivity index (χ1) is 16.7. The van der Waals surface area contributed by atoms with Gasteiger partial charge in [-0.05, 0) is 58.4 Å². The molecule has 0 spiro atoms. The summed E-state index contributed by atoms with van der Waals surface area (Å²) in [5, 5.41) is 15.4. The number of thioether (sulfide) groups is 1. The van der Waals surface area contributed by atoms with Gasteiger partial charge in [-0.1, -0.05) is 30.0 Å². The molecule has 0 fully saturated rings. The van der Waals surface area contributed by atoms with E-state index in [2.05, 4.69) is 20.6 Å². The number of nitrogens with zero attached hydrogens (tertiary/aromatic N) is 5. The number of rotatable bonds is 11. The van der Waals surface area contributed by atoms with Crippen LogP contribution >= 0.6 is 23.1 Å². The normalized spacial score (nSPS) is 11.2. The molecule has 0 aliphatic heterocycles. The Kier molecular flexibility index (Phi) is 9.21. The van der Waals surface area contributed by atoms with E-state index in [0.29, 0.717) is 22.4 Å². The zero-order valence-corrected chi connectivity index (χ0v) is 22.0. The Balaban J connectivity index is 1.69. The smallest absolute Gasteiger partial charge is 0.281 e. The van der Waals surface area contributed by atoms with Crippen LogP contribution in [-0.4, -0.2) is 61.1 Å². The number of hydrogen-bond acceptors (Lipinski definition) is 8. The number of nitrogens with one attached hydrogen (secondary N) is 1. The first-order valence-corrected chi connectivity index (χ1v) is 13.1. The summed E-state index contributed by atoms with van der Waals surface area (Å²) in [5.74, 6) is -0.318. The molecule has 0 saturated heterocycles. The molecule has 12 heteroatoms. The standard InChI is InChI=1S/C23H29FN6O3S2/c1-6-11-33-18-12-29(17-9-7-16(24)8-10-17)28-20(18)21(32)25-22-26-27-23(35-22)34-13-19(31)30(14(2)3)15(4)5/h7-10,12,14-15H,6,11,13H2,1-5H3,(H,25,26,32). The molecule has 0 saturated carbocycles. The van der Waals surface area contributed by atoms with E-state index in [-0.39, 0.29) is 40.4 Å². The number of carbonyl (C=O) groups excluding carboxylic acids is 2. The minimum Gasteiger partial charge on any atom is -0.489 e. The van der Waals surface area contributed by atoms with Crippen LogP contribution in [0.1, 0.15) is 51.5 Å². The fourth-order valence-corrected chi connectivity index (χ4v) is 5.02. The van der Waals surface area contributed by atoms with Crippen molar-refractivity contribution in [2.75, 3.05) is 17.7 Å². The number of aromatic nitrogens is 4. The third-order valence-corrected chi connectivity index (χ3v) is 6.75. The molecule has 0 radical (unpaired) electrons. The maximum Gasteiger partial charge on any atom is 0.281 e. The van der Waals surface area contributed by atoms with Crippen molar-refractivity contribution in [1.82, 2.24) is 24.9 Å². The maximum absolute atomic E-state index is 13.3. The average Bonchev–Trinajstić information content (AvgIpc) is 3.43. The van der Waals surface area contributed by atoms with Crippen molar-refractivity contribution in [3.8, 4) is 11.4 Å². The molecule has 0 unspecified atom stereocenters. The Bertz CT molecular complexity index is 1140. The number of ether oxygens (including phenoxy) is 1. The van der Waals surface area contributed by atoms with Crippen molar-refractivity contribution >= 4 is 40.0 Å². The largest absolute Gasteiger partial charge is 0.489 e. The van der Waals surface area contributed by atoms with Gasteiger partial charge >= 0.3 is 0 Å². The number of benzene rings is 1. The van der Waals surface area contributed by atoms with E-state index in [1.54, 1.807) is 18.3 Å². The summed E-state index contributed by atoms with van der Waals surface area (Å²) in [5.41, 5.74) is 0.662. The van der Waals surface area contributed by atoms with E-state index in [9.17, 15) is 14.0 Å². The molecule has 35 heavy (non-hydrogen) atoms. The summed E-state index contributed by atoms with van der Waals surface area (Å²) in [6.07, 6.45) is 2.34. The number of anilines is 1. The molecule has 3 aromatic rings. The second-order valence-electron chi connectivity index (χ2n) is 8.22. The highest BCUT2D eigenvalue weighted by Gasteiger charge is 2.23. The van der Waals surface area contributed by atoms with Crippen molar-refractivity contribution in [3.63, 3.8) is 0 Å². The van der Waals surface area contributed by atoms with Gasteiger partial charge in [0.1, 0.15) is 5.82 Å². The molecule has 1 N–H and O–H groups in total. The van der Waals surface area contributed by atoms with Crippen molar-refractivity contribution < 1.29 is 18.7 Å². The predicted molar refractivity (Wildman–Crippen MR) is 135 cm³/mol. The van der Waals surface area contributed by atoms with Crippen molar-refractivity contribution in [3.05, 3.63) is 42.0 Å². The lowest BCUT2D eigenvalue weighted by Gasteiger charge is -2.30. The zero-order chi connectivity index (χ0) is 25.5. The van der Waals surface area contributed by atoms with Gasteiger partial charge in [0.05, 0.1) is 24.2 Å². The van der Waals surface area contributed by atoms with E-state index in [1.807, 2.05) is 39.5 Å². The lowest BCUT2D eigenvalue weighted by molar-refractivity contribution is -0.131. The van der Waals surface area contributed by atoms with Crippen LogP contribution in [0, 0.1) is 5.82 Å². The van der Waals surface area contributed by atoms with Gasteiger partial charge < -0.3 is 9.64 Å². The van der Waals surface area contributed by atoms with Crippen LogP contribution in [0.15, 0.2) is 34.8 Å². The van der Waals surface area contributed by atoms with Crippen LogP contribution in [0.4, 0.5) is 9.52 Å². The molecule has 2 amide bonds. The van der Waals surface area contributed by atoms with Gasteiger partial charge in [0.2, 0.25) is 11.0 Å². The van der Waals surface area contributed by atoms with Crippen molar-refractivity contribution in [2.45, 2.75) is 57.5 Å². The number of hydrogen-bond donors (Lipinski definition) is 1. The van der Waals surface area contributed by atoms with Crippen LogP contribution in [0.3, 0.4) is 0 Å². The molecule has 188 valence electrons. The fourth-order valence-electron chi connectivity index (χ4n) is 3.40. The van der Waals surface area contributed by atoms with Crippen LogP contribution in [-0.2, 0) is 4.79 Å². The highest BCUT2D eigenvalue weighted by Crippen LogP contribution is 2.28. The number of halogens is 1. The average molecular weight is 521 g/mol. The lowest BCUT2D eigenvalue weighted by Crippen LogP contribution is -2.43. The molecule has 9 nitrogen and oxygen atoms in total. The van der Waals surface area contributed by atoms with Gasteiger partial charge in [0.15, 0.2) is 15.8 Å². The quantitative estimate of drug-likeness (QED) is 0.290. The second kappa shape index (κ2) is 12.1. The van der Waals surface area contributed by atoms with Crippen molar-refractivity contribution in [1.29, 1.82) is 0 Å². The summed E-state index contributed by atoms with van der Waals surface area (Å²) in [7, 11) is 0. The van der Waals surface area contributed by atoms with Gasteiger partial charge in [0, 0.05) is 12.1 Å². The molecule has 0 aliphatic carbocycles. The minimum absolute atomic E-state index is 0.0184. The Morgan fingerprint density at radius 2 is 1.86 bits per heavy atom. The van der Waals surface area contributed by atoms with Crippen LogP contribution in [0.5, 0.6) is 5.75 Å². The van der Waals surface area contributed by atoms with Gasteiger partial charge in [-0.25, -0.2) is 9.07 Å². The van der Waals surface area contributed by atoms with Gasteiger partial charge in [-0.3, -0.25) is 14.9 Å². The van der Waals surface area contributed by atoms with Gasteiger partial charge in [-0.15, -0.1) is 10.2 Å². The van der Waals surface area contributed by atoms with E-state index in [4.69, 9.17) is 4.74 Å². The lowest BCUT2D eigenvalue weighted by atomic mass is 10.2. The Morgan fingerprint density at radius 3 is 2.49 bits per heavy atom. The van der Waals surface area contributed by atoms with E-state index < -0.39 is 5.91 Å². The van der Waals surface area contributed by atoms with Crippen LogP contribution < -0.4 is 10.1 Å². The zero-order valence-electron chi connectivity index (χ0n) is 20.3. The Labute approximate surface area is 212 Å². The number of amides is 2. The van der Waals surface area contributed by atoms with Gasteiger partial charge in [-0.2, -0.15) is 5.10 Å². The summed E-state index contributed by atoms with van der Waals surface area (Å²) < 4.78 is 21.0. The van der Waals surface area contributed by atoms with Crippen LogP contribution in [0.2, 0.25) is 0 Å².